The van der Waals surface area contributed by atoms with Gasteiger partial charge in [-0.2, -0.15) is 14.7 Å². The van der Waals surface area contributed by atoms with Gasteiger partial charge >= 0.3 is 0 Å². The fourth-order valence-corrected chi connectivity index (χ4v) is 5.36. The number of fused-ring (bicyclic) bond motifs is 1. The third kappa shape index (κ3) is 3.90. The Bertz CT molecular complexity index is 1540. The van der Waals surface area contributed by atoms with Crippen LogP contribution in [-0.4, -0.2) is 27.5 Å². The molecule has 0 saturated carbocycles. The van der Waals surface area contributed by atoms with Crippen LogP contribution < -0.4 is 0 Å². The van der Waals surface area contributed by atoms with Crippen LogP contribution in [0.2, 0.25) is 0 Å². The number of hydrogen-bond donors (Lipinski definition) is 0. The summed E-state index contributed by atoms with van der Waals surface area (Å²) in [6.07, 6.45) is 6.16. The molecule has 0 atom stereocenters. The summed E-state index contributed by atoms with van der Waals surface area (Å²) in [4.78, 5) is 4.35. The topological polar surface area (TPSA) is 91.9 Å². The minimum absolute atomic E-state index is 0.128. The van der Waals surface area contributed by atoms with E-state index in [2.05, 4.69) is 16.2 Å². The highest BCUT2D eigenvalue weighted by Crippen LogP contribution is 2.32. The molecule has 0 spiro atoms. The van der Waals surface area contributed by atoms with E-state index in [1.165, 1.54) is 33.4 Å². The summed E-state index contributed by atoms with van der Waals surface area (Å²) >= 11 is 0. The summed E-state index contributed by atoms with van der Waals surface area (Å²) in [5.74, 6) is -0.681. The maximum Gasteiger partial charge on any atom is 0.243 e. The second kappa shape index (κ2) is 8.67. The smallest absolute Gasteiger partial charge is 0.243 e. The Labute approximate surface area is 196 Å². The Balaban J connectivity index is 1.43. The predicted octanol–water partition coefficient (Wildman–Crippen LogP) is 4.07. The number of nitriles is 1. The molecule has 0 bridgehead atoms. The van der Waals surface area contributed by atoms with E-state index in [4.69, 9.17) is 0 Å². The van der Waals surface area contributed by atoms with Gasteiger partial charge in [-0.05, 0) is 47.0 Å². The van der Waals surface area contributed by atoms with Gasteiger partial charge in [0, 0.05) is 43.3 Å². The molecule has 5 rings (SSSR count). The predicted molar refractivity (Wildman–Crippen MR) is 123 cm³/mol. The first kappa shape index (κ1) is 21.7. The fraction of sp³-hybridized carbons (Fsp3) is 0.0800. The van der Waals surface area contributed by atoms with Gasteiger partial charge < -0.3 is 0 Å². The summed E-state index contributed by atoms with van der Waals surface area (Å²) in [6, 6.07) is 18.7. The van der Waals surface area contributed by atoms with E-state index in [0.717, 1.165) is 22.8 Å². The molecule has 4 aromatic rings. The van der Waals surface area contributed by atoms with Crippen LogP contribution in [0.5, 0.6) is 0 Å². The average Bonchev–Trinajstić information content (AvgIpc) is 3.53. The van der Waals surface area contributed by atoms with E-state index < -0.39 is 15.8 Å². The van der Waals surface area contributed by atoms with Gasteiger partial charge in [-0.1, -0.05) is 30.3 Å². The largest absolute Gasteiger partial charge is 0.256 e. The van der Waals surface area contributed by atoms with Gasteiger partial charge in [0.1, 0.15) is 11.5 Å². The molecule has 2 aromatic carbocycles. The molecule has 0 radical (unpaired) electrons. The number of rotatable bonds is 5. The SMILES string of the molecule is N#CC=C(c1ccccc1)c1cc2c(cn1)CN(S(=O)(=O)c1ccc(-n3cccn3)c(F)c1)C2. The molecular formula is C25H18FN5O2S. The lowest BCUT2D eigenvalue weighted by atomic mass is 10.00. The van der Waals surface area contributed by atoms with E-state index in [1.807, 2.05) is 36.4 Å². The lowest BCUT2D eigenvalue weighted by molar-refractivity contribution is 0.431. The number of allylic oxidation sites excluding steroid dienone is 1. The molecular weight excluding hydrogens is 453 g/mol. The Kier molecular flexibility index (Phi) is 5.53. The minimum atomic E-state index is -3.94. The summed E-state index contributed by atoms with van der Waals surface area (Å²) in [6.45, 7) is 0.264. The van der Waals surface area contributed by atoms with E-state index in [0.29, 0.717) is 11.3 Å². The molecule has 168 valence electrons. The summed E-state index contributed by atoms with van der Waals surface area (Å²) in [5.41, 5.74) is 3.81. The Morgan fingerprint density at radius 1 is 1.06 bits per heavy atom. The first-order valence-corrected chi connectivity index (χ1v) is 11.8. The molecule has 7 nitrogen and oxygen atoms in total. The van der Waals surface area contributed by atoms with Crippen LogP contribution in [0.15, 0.2) is 90.2 Å². The van der Waals surface area contributed by atoms with Gasteiger partial charge in [0.25, 0.3) is 0 Å². The zero-order chi connectivity index (χ0) is 23.7. The number of nitrogens with zero attached hydrogens (tertiary/aromatic N) is 5. The van der Waals surface area contributed by atoms with Crippen molar-refractivity contribution in [1.29, 1.82) is 5.26 Å². The normalized spacial score (nSPS) is 14.1. The zero-order valence-electron chi connectivity index (χ0n) is 17.8. The van der Waals surface area contributed by atoms with Crippen LogP contribution in [0.3, 0.4) is 0 Å². The number of aromatic nitrogens is 3. The third-order valence-corrected chi connectivity index (χ3v) is 7.44. The maximum atomic E-state index is 14.7. The average molecular weight is 472 g/mol. The number of sulfonamides is 1. The Morgan fingerprint density at radius 2 is 1.85 bits per heavy atom. The van der Waals surface area contributed by atoms with Crippen molar-refractivity contribution in [1.82, 2.24) is 19.1 Å². The van der Waals surface area contributed by atoms with Crippen molar-refractivity contribution in [2.75, 3.05) is 0 Å². The molecule has 2 aromatic heterocycles. The lowest BCUT2D eigenvalue weighted by Crippen LogP contribution is -2.25. The highest BCUT2D eigenvalue weighted by Gasteiger charge is 2.32. The van der Waals surface area contributed by atoms with E-state index >= 15 is 0 Å². The van der Waals surface area contributed by atoms with E-state index in [-0.39, 0.29) is 23.7 Å². The number of halogens is 1. The van der Waals surface area contributed by atoms with Crippen molar-refractivity contribution in [3.05, 3.63) is 114 Å². The first-order valence-electron chi connectivity index (χ1n) is 10.4. The lowest BCUT2D eigenvalue weighted by Gasteiger charge is -2.16. The quantitative estimate of drug-likeness (QED) is 0.409. The fourth-order valence-electron chi connectivity index (χ4n) is 3.95. The van der Waals surface area contributed by atoms with Crippen molar-refractivity contribution in [3.8, 4) is 11.8 Å². The molecule has 0 unspecified atom stereocenters. The molecule has 0 aliphatic carbocycles. The zero-order valence-corrected chi connectivity index (χ0v) is 18.7. The van der Waals surface area contributed by atoms with Crippen molar-refractivity contribution < 1.29 is 12.8 Å². The van der Waals surface area contributed by atoms with Crippen molar-refractivity contribution in [3.63, 3.8) is 0 Å². The standard InChI is InChI=1S/C25H18FN5O2S/c26-23-14-21(7-8-25(23)31-12-4-11-29-31)34(32,33)30-16-19-13-24(28-15-20(19)17-30)22(9-10-27)18-5-2-1-3-6-18/h1-9,11-15H,16-17H2. The Morgan fingerprint density at radius 3 is 2.56 bits per heavy atom. The molecule has 9 heteroatoms. The van der Waals surface area contributed by atoms with Crippen LogP contribution in [0.4, 0.5) is 4.39 Å². The number of hydrogen-bond acceptors (Lipinski definition) is 5. The number of benzene rings is 2. The minimum Gasteiger partial charge on any atom is -0.256 e. The first-order chi connectivity index (χ1) is 16.5. The van der Waals surface area contributed by atoms with Crippen molar-refractivity contribution >= 4 is 15.6 Å². The van der Waals surface area contributed by atoms with Crippen molar-refractivity contribution in [2.24, 2.45) is 0 Å². The van der Waals surface area contributed by atoms with E-state index in [9.17, 15) is 18.1 Å². The van der Waals surface area contributed by atoms with Crippen molar-refractivity contribution in [2.45, 2.75) is 18.0 Å². The molecule has 0 saturated heterocycles. The van der Waals surface area contributed by atoms with Gasteiger partial charge in [0.2, 0.25) is 10.0 Å². The molecule has 1 aliphatic heterocycles. The van der Waals surface area contributed by atoms with Gasteiger partial charge in [-0.3, -0.25) is 4.98 Å². The highest BCUT2D eigenvalue weighted by atomic mass is 32.2. The molecule has 3 heterocycles. The van der Waals surface area contributed by atoms with Gasteiger partial charge in [0.15, 0.2) is 0 Å². The summed E-state index contributed by atoms with van der Waals surface area (Å²) in [7, 11) is -3.94. The van der Waals surface area contributed by atoms with Crippen LogP contribution >= 0.6 is 0 Å². The van der Waals surface area contributed by atoms with Gasteiger partial charge in [-0.25, -0.2) is 17.5 Å². The second-order valence-corrected chi connectivity index (χ2v) is 9.67. The summed E-state index contributed by atoms with van der Waals surface area (Å²) in [5, 5.41) is 13.2. The number of pyridine rings is 1. The Hall–Kier alpha value is -4.13. The monoisotopic (exact) mass is 471 g/mol. The van der Waals surface area contributed by atoms with Crippen LogP contribution in [-0.2, 0) is 23.1 Å². The van der Waals surface area contributed by atoms with Crippen LogP contribution in [0.25, 0.3) is 11.3 Å². The molecule has 34 heavy (non-hydrogen) atoms. The third-order valence-electron chi connectivity index (χ3n) is 5.65. The van der Waals surface area contributed by atoms with Gasteiger partial charge in [-0.15, -0.1) is 0 Å². The highest BCUT2D eigenvalue weighted by molar-refractivity contribution is 7.89. The summed E-state index contributed by atoms with van der Waals surface area (Å²) < 4.78 is 43.8. The molecule has 0 N–H and O–H groups in total. The molecule has 0 fully saturated rings. The molecule has 1 aliphatic rings. The maximum absolute atomic E-state index is 14.7. The second-order valence-electron chi connectivity index (χ2n) is 7.73. The molecule has 0 amide bonds. The van der Waals surface area contributed by atoms with Crippen LogP contribution in [0.1, 0.15) is 22.4 Å². The van der Waals surface area contributed by atoms with E-state index in [1.54, 1.807) is 18.5 Å². The van der Waals surface area contributed by atoms with Crippen LogP contribution in [0, 0.1) is 17.1 Å². The van der Waals surface area contributed by atoms with Gasteiger partial charge in [0.05, 0.1) is 16.7 Å².